The summed E-state index contributed by atoms with van der Waals surface area (Å²) in [5, 5.41) is 26.4. The molecule has 0 bridgehead atoms. The van der Waals surface area contributed by atoms with Gasteiger partial charge in [-0.15, -0.1) is 0 Å². The molecule has 1 aliphatic heterocycles. The van der Waals surface area contributed by atoms with Crippen molar-refractivity contribution in [1.29, 1.82) is 0 Å². The smallest absolute Gasteiger partial charge is 0.252 e. The molecule has 8 heteroatoms. The van der Waals surface area contributed by atoms with E-state index in [2.05, 4.69) is 33.2 Å². The molecular weight excluding hydrogens is 475 g/mol. The van der Waals surface area contributed by atoms with Gasteiger partial charge >= 0.3 is 0 Å². The molecule has 148 valence electrons. The lowest BCUT2D eigenvalue weighted by Gasteiger charge is -2.26. The molecular formula is C20H21IN2O5. The van der Waals surface area contributed by atoms with E-state index in [0.29, 0.717) is 11.1 Å². The zero-order valence-electron chi connectivity index (χ0n) is 15.0. The highest BCUT2D eigenvalue weighted by Crippen LogP contribution is 2.24. The summed E-state index contributed by atoms with van der Waals surface area (Å²) < 4.78 is 6.28. The fraction of sp³-hybridized carbons (Fsp3) is 0.300. The number of rotatable bonds is 6. The molecule has 4 N–H and O–H groups in total. The molecule has 0 unspecified atom stereocenters. The van der Waals surface area contributed by atoms with E-state index in [9.17, 15) is 19.8 Å². The first kappa shape index (κ1) is 20.7. The minimum Gasteiger partial charge on any atom is -0.387 e. The van der Waals surface area contributed by atoms with Crippen LogP contribution in [0.1, 0.15) is 20.7 Å². The van der Waals surface area contributed by atoms with Gasteiger partial charge in [-0.3, -0.25) is 9.59 Å². The molecule has 2 aromatic rings. The highest BCUT2D eigenvalue weighted by Gasteiger charge is 2.48. The van der Waals surface area contributed by atoms with E-state index < -0.39 is 17.8 Å². The third-order valence-electron chi connectivity index (χ3n) is 4.62. The van der Waals surface area contributed by atoms with Gasteiger partial charge < -0.3 is 25.6 Å². The van der Waals surface area contributed by atoms with Crippen LogP contribution in [0.4, 0.5) is 0 Å². The number of carbonyl (C=O) groups excluding carboxylic acids is 2. The number of ether oxygens (including phenoxy) is 1. The Labute approximate surface area is 176 Å². The predicted octanol–water partition coefficient (Wildman–Crippen LogP) is 0.942. The highest BCUT2D eigenvalue weighted by molar-refractivity contribution is 14.1. The first-order valence-corrected chi connectivity index (χ1v) is 9.86. The zero-order chi connectivity index (χ0) is 20.1. The number of halogens is 1. The molecule has 0 aliphatic carbocycles. The Hall–Kier alpha value is -2.01. The van der Waals surface area contributed by atoms with Crippen LogP contribution in [0.2, 0.25) is 0 Å². The minimum atomic E-state index is -1.62. The van der Waals surface area contributed by atoms with E-state index in [0.717, 1.165) is 3.57 Å². The van der Waals surface area contributed by atoms with Gasteiger partial charge in [-0.05, 0) is 46.9 Å². The summed E-state index contributed by atoms with van der Waals surface area (Å²) in [5.74, 6) is -0.634. The molecule has 1 fully saturated rings. The van der Waals surface area contributed by atoms with E-state index in [1.165, 1.54) is 0 Å². The van der Waals surface area contributed by atoms with Gasteiger partial charge in [-0.1, -0.05) is 30.3 Å². The van der Waals surface area contributed by atoms with Crippen molar-refractivity contribution in [3.05, 3.63) is 69.3 Å². The van der Waals surface area contributed by atoms with E-state index in [1.54, 1.807) is 42.5 Å². The molecule has 0 saturated carbocycles. The highest BCUT2D eigenvalue weighted by atomic mass is 127. The number of nitrogens with one attached hydrogen (secondary N) is 2. The summed E-state index contributed by atoms with van der Waals surface area (Å²) >= 11 is 2.07. The second-order valence-corrected chi connectivity index (χ2v) is 7.80. The largest absolute Gasteiger partial charge is 0.387 e. The van der Waals surface area contributed by atoms with Crippen molar-refractivity contribution in [1.82, 2.24) is 10.6 Å². The average Bonchev–Trinajstić information content (AvgIpc) is 3.00. The van der Waals surface area contributed by atoms with Crippen LogP contribution in [0.25, 0.3) is 0 Å². The van der Waals surface area contributed by atoms with Crippen LogP contribution in [0.5, 0.6) is 0 Å². The van der Waals surface area contributed by atoms with Crippen molar-refractivity contribution in [2.45, 2.75) is 17.8 Å². The van der Waals surface area contributed by atoms with Gasteiger partial charge in [0.2, 0.25) is 0 Å². The van der Waals surface area contributed by atoms with Crippen LogP contribution in [-0.4, -0.2) is 59.5 Å². The maximum absolute atomic E-state index is 12.3. The third kappa shape index (κ3) is 4.69. The molecule has 1 heterocycles. The lowest BCUT2D eigenvalue weighted by Crippen LogP contribution is -2.53. The second-order valence-electron chi connectivity index (χ2n) is 6.64. The van der Waals surface area contributed by atoms with Crippen molar-refractivity contribution in [3.63, 3.8) is 0 Å². The number of aliphatic hydroxyl groups is 2. The Kier molecular flexibility index (Phi) is 6.65. The zero-order valence-corrected chi connectivity index (χ0v) is 17.1. The second kappa shape index (κ2) is 8.99. The van der Waals surface area contributed by atoms with Crippen LogP contribution in [-0.2, 0) is 4.74 Å². The van der Waals surface area contributed by atoms with Crippen molar-refractivity contribution in [3.8, 4) is 0 Å². The number of amides is 2. The Morgan fingerprint density at radius 2 is 1.75 bits per heavy atom. The Balaban J connectivity index is 1.53. The van der Waals surface area contributed by atoms with E-state index in [-0.39, 0.29) is 31.5 Å². The van der Waals surface area contributed by atoms with Gasteiger partial charge in [0, 0.05) is 15.7 Å². The van der Waals surface area contributed by atoms with E-state index in [4.69, 9.17) is 4.74 Å². The number of benzene rings is 2. The Morgan fingerprint density at radius 3 is 2.46 bits per heavy atom. The van der Waals surface area contributed by atoms with Gasteiger partial charge in [0.05, 0.1) is 18.7 Å². The van der Waals surface area contributed by atoms with Crippen LogP contribution in [0, 0.1) is 3.57 Å². The van der Waals surface area contributed by atoms with E-state index >= 15 is 0 Å². The molecule has 3 rings (SSSR count). The van der Waals surface area contributed by atoms with Crippen molar-refractivity contribution < 1.29 is 24.5 Å². The average molecular weight is 496 g/mol. The molecule has 1 saturated heterocycles. The van der Waals surface area contributed by atoms with Gasteiger partial charge in [0.25, 0.3) is 11.8 Å². The summed E-state index contributed by atoms with van der Waals surface area (Å²) in [4.78, 5) is 24.4. The molecule has 1 aliphatic rings. The van der Waals surface area contributed by atoms with Gasteiger partial charge in [-0.25, -0.2) is 0 Å². The van der Waals surface area contributed by atoms with Gasteiger partial charge in [0.1, 0.15) is 17.8 Å². The number of carbonyl (C=O) groups is 2. The summed E-state index contributed by atoms with van der Waals surface area (Å²) in [6.45, 7) is -0.268. The first-order chi connectivity index (χ1) is 13.4. The molecule has 2 amide bonds. The maximum atomic E-state index is 12.3. The number of hydrogen-bond acceptors (Lipinski definition) is 5. The quantitative estimate of drug-likeness (QED) is 0.446. The first-order valence-electron chi connectivity index (χ1n) is 8.79. The van der Waals surface area contributed by atoms with Crippen LogP contribution >= 0.6 is 22.6 Å². The number of hydrogen-bond donors (Lipinski definition) is 4. The molecule has 2 aromatic carbocycles. The minimum absolute atomic E-state index is 0.0416. The molecule has 0 radical (unpaired) electrons. The van der Waals surface area contributed by atoms with Crippen molar-refractivity contribution >= 4 is 34.4 Å². The van der Waals surface area contributed by atoms with Crippen molar-refractivity contribution in [2.75, 3.05) is 19.7 Å². The predicted molar refractivity (Wildman–Crippen MR) is 111 cm³/mol. The van der Waals surface area contributed by atoms with E-state index in [1.807, 2.05) is 12.1 Å². The number of aliphatic hydroxyl groups excluding tert-OH is 1. The maximum Gasteiger partial charge on any atom is 0.252 e. The topological polar surface area (TPSA) is 108 Å². The van der Waals surface area contributed by atoms with Gasteiger partial charge in [0.15, 0.2) is 0 Å². The summed E-state index contributed by atoms with van der Waals surface area (Å²) in [7, 11) is 0. The molecule has 0 aromatic heterocycles. The summed E-state index contributed by atoms with van der Waals surface area (Å²) in [5.41, 5.74) is -0.636. The lowest BCUT2D eigenvalue weighted by atomic mass is 9.96. The monoisotopic (exact) mass is 496 g/mol. The summed E-state index contributed by atoms with van der Waals surface area (Å²) in [6.07, 6.45) is -2.03. The third-order valence-corrected chi connectivity index (χ3v) is 5.56. The van der Waals surface area contributed by atoms with Crippen molar-refractivity contribution in [2.24, 2.45) is 0 Å². The fourth-order valence-electron chi connectivity index (χ4n) is 2.96. The molecule has 7 nitrogen and oxygen atoms in total. The summed E-state index contributed by atoms with van der Waals surface area (Å²) in [6, 6.07) is 15.7. The molecule has 0 spiro atoms. The Morgan fingerprint density at radius 1 is 1.07 bits per heavy atom. The van der Waals surface area contributed by atoms with Gasteiger partial charge in [-0.2, -0.15) is 0 Å². The molecule has 28 heavy (non-hydrogen) atoms. The standard InChI is InChI=1S/C20H21IN2O5/c21-15-9-5-4-8-14(15)19(26)22-10-16-17(24)20(27,12-28-16)11-23-18(25)13-6-2-1-3-7-13/h1-9,16-17,24,27H,10-12H2,(H,22,26)(H,23,25)/t16-,17-,20+/m1/s1. The van der Waals surface area contributed by atoms with Crippen LogP contribution in [0.3, 0.4) is 0 Å². The fourth-order valence-corrected chi connectivity index (χ4v) is 3.59. The Bertz CT molecular complexity index is 847. The lowest BCUT2D eigenvalue weighted by molar-refractivity contribution is -0.0464. The molecule has 3 atom stereocenters. The SMILES string of the molecule is O=C(NC[C@]1(O)CO[C@H](CNC(=O)c2ccccc2I)[C@H]1O)c1ccccc1. The van der Waals surface area contributed by atoms with Crippen LogP contribution < -0.4 is 10.6 Å². The van der Waals surface area contributed by atoms with Crippen LogP contribution in [0.15, 0.2) is 54.6 Å². The normalized spacial score (nSPS) is 24.0.